The number of alkyl halides is 2. The molecule has 0 heterocycles. The molecule has 0 saturated carbocycles. The van der Waals surface area contributed by atoms with Gasteiger partial charge in [0.25, 0.3) is 0 Å². The van der Waals surface area contributed by atoms with E-state index in [4.69, 9.17) is 16.3 Å². The van der Waals surface area contributed by atoms with Gasteiger partial charge in [0.1, 0.15) is 11.5 Å². The van der Waals surface area contributed by atoms with E-state index in [1.54, 1.807) is 18.2 Å². The maximum Gasteiger partial charge on any atom is 0.387 e. The molecule has 0 fully saturated rings. The lowest BCUT2D eigenvalue weighted by Gasteiger charge is -2.12. The van der Waals surface area contributed by atoms with Crippen molar-refractivity contribution in [3.8, 4) is 11.5 Å². The molecule has 0 atom stereocenters. The molecule has 0 bridgehead atoms. The van der Waals surface area contributed by atoms with Crippen molar-refractivity contribution in [3.05, 3.63) is 47.5 Å². The average molecular weight is 357 g/mol. The minimum Gasteiger partial charge on any atom is -0.495 e. The molecule has 0 aliphatic rings. The summed E-state index contributed by atoms with van der Waals surface area (Å²) in [7, 11) is 1.51. The van der Waals surface area contributed by atoms with Crippen LogP contribution >= 0.6 is 11.6 Å². The number of rotatable bonds is 7. The smallest absolute Gasteiger partial charge is 0.387 e. The number of ether oxygens (including phenoxy) is 2. The highest BCUT2D eigenvalue weighted by molar-refractivity contribution is 6.30. The third-order valence-corrected chi connectivity index (χ3v) is 3.20. The lowest BCUT2D eigenvalue weighted by atomic mass is 10.3. The van der Waals surface area contributed by atoms with Crippen molar-refractivity contribution in [2.75, 3.05) is 24.3 Å². The molecule has 8 heteroatoms. The summed E-state index contributed by atoms with van der Waals surface area (Å²) in [5, 5.41) is 6.05. The first kappa shape index (κ1) is 17.8. The number of hydrogen-bond donors (Lipinski definition) is 2. The number of carbonyl (C=O) groups is 1. The topological polar surface area (TPSA) is 59.6 Å². The van der Waals surface area contributed by atoms with Crippen LogP contribution in [0.4, 0.5) is 20.2 Å². The monoisotopic (exact) mass is 356 g/mol. The first-order valence-electron chi connectivity index (χ1n) is 6.90. The summed E-state index contributed by atoms with van der Waals surface area (Å²) >= 11 is 5.91. The molecule has 1 amide bonds. The highest BCUT2D eigenvalue weighted by atomic mass is 35.5. The fourth-order valence-electron chi connectivity index (χ4n) is 1.92. The fraction of sp³-hybridized carbons (Fsp3) is 0.188. The van der Waals surface area contributed by atoms with Gasteiger partial charge < -0.3 is 20.1 Å². The molecule has 0 radical (unpaired) electrons. The second kappa shape index (κ2) is 8.35. The number of halogens is 3. The van der Waals surface area contributed by atoms with Crippen molar-refractivity contribution in [1.29, 1.82) is 0 Å². The fourth-order valence-corrected chi connectivity index (χ4v) is 2.09. The molecule has 0 aliphatic heterocycles. The summed E-state index contributed by atoms with van der Waals surface area (Å²) in [6.07, 6.45) is 0. The number of benzene rings is 2. The molecule has 24 heavy (non-hydrogen) atoms. The van der Waals surface area contributed by atoms with Gasteiger partial charge in [-0.3, -0.25) is 4.79 Å². The molecule has 5 nitrogen and oxygen atoms in total. The van der Waals surface area contributed by atoms with Gasteiger partial charge in [0.2, 0.25) is 5.91 Å². The lowest BCUT2D eigenvalue weighted by molar-refractivity contribution is -0.114. The van der Waals surface area contributed by atoms with Crippen LogP contribution in [0.15, 0.2) is 42.5 Å². The van der Waals surface area contributed by atoms with Crippen LogP contribution < -0.4 is 20.1 Å². The van der Waals surface area contributed by atoms with Gasteiger partial charge in [0.15, 0.2) is 0 Å². The molecule has 0 spiro atoms. The zero-order valence-electron chi connectivity index (χ0n) is 12.7. The van der Waals surface area contributed by atoms with E-state index in [0.717, 1.165) is 0 Å². The van der Waals surface area contributed by atoms with Crippen LogP contribution in [-0.2, 0) is 4.79 Å². The summed E-state index contributed by atoms with van der Waals surface area (Å²) in [6, 6.07) is 10.6. The minimum absolute atomic E-state index is 0.0183. The van der Waals surface area contributed by atoms with E-state index >= 15 is 0 Å². The summed E-state index contributed by atoms with van der Waals surface area (Å²) in [6.45, 7) is -2.91. The number of amides is 1. The van der Waals surface area contributed by atoms with E-state index in [-0.39, 0.29) is 18.2 Å². The molecule has 2 aromatic rings. The van der Waals surface area contributed by atoms with Gasteiger partial charge in [-0.2, -0.15) is 8.78 Å². The second-order valence-electron chi connectivity index (χ2n) is 4.65. The number of anilines is 2. The predicted molar refractivity (Wildman–Crippen MR) is 88.2 cm³/mol. The average Bonchev–Trinajstić information content (AvgIpc) is 2.54. The van der Waals surface area contributed by atoms with Gasteiger partial charge in [-0.1, -0.05) is 11.6 Å². The van der Waals surface area contributed by atoms with Gasteiger partial charge >= 0.3 is 6.61 Å². The number of hydrogen-bond acceptors (Lipinski definition) is 4. The highest BCUT2D eigenvalue weighted by Crippen LogP contribution is 2.27. The Hall–Kier alpha value is -2.54. The summed E-state index contributed by atoms with van der Waals surface area (Å²) < 4.78 is 33.5. The van der Waals surface area contributed by atoms with Crippen LogP contribution in [0.2, 0.25) is 5.02 Å². The Balaban J connectivity index is 1.90. The molecular weight excluding hydrogens is 342 g/mol. The van der Waals surface area contributed by atoms with Crippen molar-refractivity contribution in [1.82, 2.24) is 0 Å². The van der Waals surface area contributed by atoms with Crippen LogP contribution in [0.25, 0.3) is 0 Å². The van der Waals surface area contributed by atoms with Gasteiger partial charge in [0.05, 0.1) is 19.3 Å². The number of carbonyl (C=O) groups excluding carboxylic acids is 1. The number of nitrogens with one attached hydrogen (secondary N) is 2. The van der Waals surface area contributed by atoms with E-state index in [0.29, 0.717) is 22.1 Å². The quantitative estimate of drug-likeness (QED) is 0.787. The molecule has 0 unspecified atom stereocenters. The maximum absolute atomic E-state index is 12.1. The van der Waals surface area contributed by atoms with Crippen LogP contribution in [0.1, 0.15) is 0 Å². The normalized spacial score (nSPS) is 10.4. The highest BCUT2D eigenvalue weighted by Gasteiger charge is 2.08. The molecule has 2 N–H and O–H groups in total. The van der Waals surface area contributed by atoms with Crippen molar-refractivity contribution in [2.45, 2.75) is 6.61 Å². The lowest BCUT2D eigenvalue weighted by Crippen LogP contribution is -2.21. The van der Waals surface area contributed by atoms with Crippen LogP contribution in [-0.4, -0.2) is 26.2 Å². The minimum atomic E-state index is -2.89. The zero-order valence-corrected chi connectivity index (χ0v) is 13.4. The Morgan fingerprint density at radius 1 is 1.21 bits per heavy atom. The number of methoxy groups -OCH3 is 1. The Kier molecular flexibility index (Phi) is 6.20. The van der Waals surface area contributed by atoms with E-state index in [1.807, 2.05) is 0 Å². The van der Waals surface area contributed by atoms with Gasteiger partial charge in [0, 0.05) is 10.7 Å². The van der Waals surface area contributed by atoms with Crippen molar-refractivity contribution >= 4 is 28.9 Å². The summed E-state index contributed by atoms with van der Waals surface area (Å²) in [5.41, 5.74) is 1.04. The van der Waals surface area contributed by atoms with Gasteiger partial charge in [-0.05, 0) is 42.5 Å². The predicted octanol–water partition coefficient (Wildman–Crippen LogP) is 4.00. The Morgan fingerprint density at radius 3 is 2.54 bits per heavy atom. The van der Waals surface area contributed by atoms with Crippen LogP contribution in [0.5, 0.6) is 11.5 Å². The Morgan fingerprint density at radius 2 is 1.92 bits per heavy atom. The maximum atomic E-state index is 12.1. The molecule has 2 aromatic carbocycles. The molecule has 0 aromatic heterocycles. The second-order valence-corrected chi connectivity index (χ2v) is 5.09. The largest absolute Gasteiger partial charge is 0.495 e. The van der Waals surface area contributed by atoms with Gasteiger partial charge in [-0.15, -0.1) is 0 Å². The third-order valence-electron chi connectivity index (χ3n) is 2.96. The molecule has 0 aliphatic carbocycles. The first-order chi connectivity index (χ1) is 11.5. The van der Waals surface area contributed by atoms with E-state index in [2.05, 4.69) is 15.4 Å². The molecule has 2 rings (SSSR count). The third kappa shape index (κ3) is 5.27. The van der Waals surface area contributed by atoms with Crippen LogP contribution in [0, 0.1) is 0 Å². The van der Waals surface area contributed by atoms with Gasteiger partial charge in [-0.25, -0.2) is 0 Å². The molecule has 0 saturated heterocycles. The SMILES string of the molecule is COc1ccc(Cl)cc1NCC(=O)Nc1ccc(OC(F)F)cc1. The zero-order chi connectivity index (χ0) is 17.5. The summed E-state index contributed by atoms with van der Waals surface area (Å²) in [5.74, 6) is 0.255. The van der Waals surface area contributed by atoms with Crippen LogP contribution in [0.3, 0.4) is 0 Å². The molecule has 128 valence electrons. The van der Waals surface area contributed by atoms with E-state index in [1.165, 1.54) is 31.4 Å². The molecular formula is C16H15ClF2N2O3. The van der Waals surface area contributed by atoms with Crippen molar-refractivity contribution in [2.24, 2.45) is 0 Å². The van der Waals surface area contributed by atoms with E-state index < -0.39 is 6.61 Å². The van der Waals surface area contributed by atoms with E-state index in [9.17, 15) is 13.6 Å². The first-order valence-corrected chi connectivity index (χ1v) is 7.28. The van der Waals surface area contributed by atoms with Crippen molar-refractivity contribution in [3.63, 3.8) is 0 Å². The summed E-state index contributed by atoms with van der Waals surface area (Å²) in [4.78, 5) is 11.9. The standard InChI is InChI=1S/C16H15ClF2N2O3/c1-23-14-7-2-10(17)8-13(14)20-9-15(22)21-11-3-5-12(6-4-11)24-16(18)19/h2-8,16,20H,9H2,1H3,(H,21,22). The Labute approximate surface area is 142 Å². The Bertz CT molecular complexity index is 696. The van der Waals surface area contributed by atoms with Crippen molar-refractivity contribution < 1.29 is 23.0 Å².